The summed E-state index contributed by atoms with van der Waals surface area (Å²) in [5, 5.41) is 6.31. The average molecular weight is 405 g/mol. The van der Waals surface area contributed by atoms with Crippen molar-refractivity contribution in [3.05, 3.63) is 46.2 Å². The number of esters is 1. The number of methoxy groups -OCH3 is 1. The van der Waals surface area contributed by atoms with E-state index in [0.29, 0.717) is 4.88 Å². The van der Waals surface area contributed by atoms with Gasteiger partial charge in [0.1, 0.15) is 4.88 Å². The highest BCUT2D eigenvalue weighted by Gasteiger charge is 2.18. The van der Waals surface area contributed by atoms with E-state index in [1.54, 1.807) is 23.1 Å². The van der Waals surface area contributed by atoms with Crippen molar-refractivity contribution in [1.29, 1.82) is 0 Å². The zero-order chi connectivity index (χ0) is 18.5. The number of benzene rings is 1. The Balaban J connectivity index is 1.87. The molecule has 1 N–H and O–H groups in total. The molecule has 7 heteroatoms. The molecule has 2 heterocycles. The molecule has 2 aromatic heterocycles. The molecule has 26 heavy (non-hydrogen) atoms. The van der Waals surface area contributed by atoms with E-state index in [1.807, 2.05) is 23.8 Å². The predicted octanol–water partition coefficient (Wildman–Crippen LogP) is 6.08. The van der Waals surface area contributed by atoms with Gasteiger partial charge >= 0.3 is 5.97 Å². The van der Waals surface area contributed by atoms with Gasteiger partial charge < -0.3 is 10.1 Å². The highest BCUT2D eigenvalue weighted by atomic mass is 32.2. The summed E-state index contributed by atoms with van der Waals surface area (Å²) >= 11 is 4.62. The molecule has 0 radical (unpaired) electrons. The molecule has 0 aliphatic heterocycles. The summed E-state index contributed by atoms with van der Waals surface area (Å²) in [6, 6.07) is 10.2. The number of aromatic nitrogens is 1. The Kier molecular flexibility index (Phi) is 6.34. The van der Waals surface area contributed by atoms with Crippen LogP contribution in [0.1, 0.15) is 28.6 Å². The summed E-state index contributed by atoms with van der Waals surface area (Å²) in [4.78, 5) is 17.2. The van der Waals surface area contributed by atoms with Crippen LogP contribution < -0.4 is 5.32 Å². The van der Waals surface area contributed by atoms with Crippen molar-refractivity contribution < 1.29 is 9.53 Å². The van der Waals surface area contributed by atoms with Crippen molar-refractivity contribution in [2.45, 2.75) is 24.0 Å². The molecule has 136 valence electrons. The number of carbonyl (C=O) groups excluding carboxylic acids is 1. The minimum absolute atomic E-state index is 0.307. The SMILES string of the molecule is CCCc1ccccc1Nc1nc(-c2cc(C(=O)OC)sc2SC)cs1. The largest absolute Gasteiger partial charge is 0.465 e. The molecular weight excluding hydrogens is 384 g/mol. The molecule has 0 unspecified atom stereocenters. The number of thioether (sulfide) groups is 1. The number of thiazole rings is 1. The van der Waals surface area contributed by atoms with Gasteiger partial charge in [-0.3, -0.25) is 0 Å². The van der Waals surface area contributed by atoms with Crippen LogP contribution in [0.4, 0.5) is 10.8 Å². The second kappa shape index (κ2) is 8.70. The second-order valence-corrected chi connectivity index (χ2v) is 8.56. The number of para-hydroxylation sites is 1. The number of nitrogens with one attached hydrogen (secondary N) is 1. The molecule has 0 fully saturated rings. The lowest BCUT2D eigenvalue weighted by Crippen LogP contribution is -1.97. The number of ether oxygens (including phenoxy) is 1. The fraction of sp³-hybridized carbons (Fsp3) is 0.263. The minimum Gasteiger partial charge on any atom is -0.465 e. The lowest BCUT2D eigenvalue weighted by Gasteiger charge is -2.08. The molecule has 0 atom stereocenters. The lowest BCUT2D eigenvalue weighted by atomic mass is 10.1. The smallest absolute Gasteiger partial charge is 0.348 e. The molecule has 3 rings (SSSR count). The standard InChI is InChI=1S/C19H20N2O2S3/c1-4-7-12-8-5-6-9-14(12)20-19-21-15(11-25-19)13-10-16(17(22)23-2)26-18(13)24-3/h5-6,8-11H,4,7H2,1-3H3,(H,20,21). The van der Waals surface area contributed by atoms with Crippen molar-refractivity contribution in [1.82, 2.24) is 4.98 Å². The number of rotatable bonds is 7. The van der Waals surface area contributed by atoms with Crippen LogP contribution in [-0.4, -0.2) is 24.3 Å². The molecule has 0 bridgehead atoms. The molecule has 0 saturated heterocycles. The van der Waals surface area contributed by atoms with Crippen molar-refractivity contribution >= 4 is 51.2 Å². The third kappa shape index (κ3) is 4.11. The number of aryl methyl sites for hydroxylation is 1. The average Bonchev–Trinajstić information content (AvgIpc) is 3.29. The maximum atomic E-state index is 11.8. The maximum Gasteiger partial charge on any atom is 0.348 e. The predicted molar refractivity (Wildman–Crippen MR) is 112 cm³/mol. The zero-order valence-electron chi connectivity index (χ0n) is 14.9. The van der Waals surface area contributed by atoms with Crippen molar-refractivity contribution in [2.75, 3.05) is 18.7 Å². The Hall–Kier alpha value is -1.83. The first-order valence-corrected chi connectivity index (χ1v) is 11.1. The number of hydrogen-bond donors (Lipinski definition) is 1. The van der Waals surface area contributed by atoms with Gasteiger partial charge in [0.05, 0.1) is 17.0 Å². The maximum absolute atomic E-state index is 11.8. The molecule has 0 spiro atoms. The van der Waals surface area contributed by atoms with Crippen LogP contribution in [0.2, 0.25) is 0 Å². The van der Waals surface area contributed by atoms with Crippen LogP contribution in [0.5, 0.6) is 0 Å². The summed E-state index contributed by atoms with van der Waals surface area (Å²) in [6.07, 6.45) is 4.14. The molecule has 0 saturated carbocycles. The van der Waals surface area contributed by atoms with Gasteiger partial charge in [0.25, 0.3) is 0 Å². The van der Waals surface area contributed by atoms with Crippen molar-refractivity contribution in [3.63, 3.8) is 0 Å². The molecule has 0 amide bonds. The van der Waals surface area contributed by atoms with E-state index in [0.717, 1.165) is 39.1 Å². The number of anilines is 2. The van der Waals surface area contributed by atoms with Crippen LogP contribution in [0.3, 0.4) is 0 Å². The molecule has 0 aliphatic rings. The van der Waals surface area contributed by atoms with Gasteiger partial charge in [-0.15, -0.1) is 34.4 Å². The molecular formula is C19H20N2O2S3. The Morgan fingerprint density at radius 2 is 2.15 bits per heavy atom. The van der Waals surface area contributed by atoms with Gasteiger partial charge in [-0.1, -0.05) is 31.5 Å². The highest BCUT2D eigenvalue weighted by Crippen LogP contribution is 2.39. The summed E-state index contributed by atoms with van der Waals surface area (Å²) in [5.41, 5.74) is 4.25. The molecule has 1 aromatic carbocycles. The van der Waals surface area contributed by atoms with Gasteiger partial charge in [0, 0.05) is 16.6 Å². The molecule has 3 aromatic rings. The molecule has 4 nitrogen and oxygen atoms in total. The van der Waals surface area contributed by atoms with Crippen LogP contribution in [0.25, 0.3) is 11.3 Å². The number of carbonyl (C=O) groups is 1. The number of thiophene rings is 1. The van der Waals surface area contributed by atoms with Gasteiger partial charge in [-0.25, -0.2) is 9.78 Å². The van der Waals surface area contributed by atoms with Gasteiger partial charge in [0.2, 0.25) is 0 Å². The third-order valence-electron chi connectivity index (χ3n) is 3.83. The van der Waals surface area contributed by atoms with Crippen molar-refractivity contribution in [2.24, 2.45) is 0 Å². The Bertz CT molecular complexity index is 902. The van der Waals surface area contributed by atoms with Crippen LogP contribution >= 0.6 is 34.4 Å². The Morgan fingerprint density at radius 1 is 1.35 bits per heavy atom. The first kappa shape index (κ1) is 18.9. The highest BCUT2D eigenvalue weighted by molar-refractivity contribution is 8.00. The fourth-order valence-corrected chi connectivity index (χ4v) is 5.13. The fourth-order valence-electron chi connectivity index (χ4n) is 2.61. The summed E-state index contributed by atoms with van der Waals surface area (Å²) in [5.74, 6) is -0.307. The van der Waals surface area contributed by atoms with E-state index in [4.69, 9.17) is 9.72 Å². The zero-order valence-corrected chi connectivity index (χ0v) is 17.3. The number of hydrogen-bond acceptors (Lipinski definition) is 7. The normalized spacial score (nSPS) is 10.7. The van der Waals surface area contributed by atoms with E-state index >= 15 is 0 Å². The van der Waals surface area contributed by atoms with E-state index < -0.39 is 0 Å². The van der Waals surface area contributed by atoms with Crippen LogP contribution in [-0.2, 0) is 11.2 Å². The number of nitrogens with zero attached hydrogens (tertiary/aromatic N) is 1. The van der Waals surface area contributed by atoms with Crippen LogP contribution in [0, 0.1) is 0 Å². The minimum atomic E-state index is -0.307. The quantitative estimate of drug-likeness (QED) is 0.382. The Labute approximate surface area is 165 Å². The first-order valence-electron chi connectivity index (χ1n) is 8.23. The Morgan fingerprint density at radius 3 is 2.88 bits per heavy atom. The van der Waals surface area contributed by atoms with Gasteiger partial charge in [-0.2, -0.15) is 0 Å². The monoisotopic (exact) mass is 404 g/mol. The summed E-state index contributed by atoms with van der Waals surface area (Å²) < 4.78 is 5.90. The second-order valence-electron chi connectivity index (χ2n) is 5.58. The topological polar surface area (TPSA) is 51.2 Å². The first-order chi connectivity index (χ1) is 12.7. The van der Waals surface area contributed by atoms with Gasteiger partial charge in [-0.05, 0) is 30.4 Å². The summed E-state index contributed by atoms with van der Waals surface area (Å²) in [7, 11) is 1.40. The van der Waals surface area contributed by atoms with Crippen molar-refractivity contribution in [3.8, 4) is 11.3 Å². The lowest BCUT2D eigenvalue weighted by molar-refractivity contribution is 0.0606. The summed E-state index contributed by atoms with van der Waals surface area (Å²) in [6.45, 7) is 2.18. The molecule has 0 aliphatic carbocycles. The van der Waals surface area contributed by atoms with Crippen LogP contribution in [0.15, 0.2) is 39.9 Å². The third-order valence-corrected chi connectivity index (χ3v) is 6.84. The van der Waals surface area contributed by atoms with E-state index in [1.165, 1.54) is 24.0 Å². The van der Waals surface area contributed by atoms with Gasteiger partial charge in [0.15, 0.2) is 5.13 Å². The van der Waals surface area contributed by atoms with E-state index in [-0.39, 0.29) is 5.97 Å². The van der Waals surface area contributed by atoms with E-state index in [9.17, 15) is 4.79 Å². The van der Waals surface area contributed by atoms with E-state index in [2.05, 4.69) is 30.4 Å².